The highest BCUT2D eigenvalue weighted by atomic mass is 32.1. The maximum absolute atomic E-state index is 13.7. The normalized spacial score (nSPS) is 23.5. The Morgan fingerprint density at radius 1 is 1.26 bits per heavy atom. The Morgan fingerprint density at radius 3 is 2.67 bits per heavy atom. The van der Waals surface area contributed by atoms with Gasteiger partial charge in [0, 0.05) is 67.8 Å². The SMILES string of the molecule is CC[C@H](C)[C@H](NC(=O)c1ccc(-c2csc(N3CCN(CCOC)CC3)n2)cc1)C(=O)N1C[C@H](N=[N+]=[N-])[C@@H]2OCC(=O)[C@H]21. The van der Waals surface area contributed by atoms with E-state index in [9.17, 15) is 14.4 Å². The minimum atomic E-state index is -0.855. The number of carbonyl (C=O) groups is 3. The van der Waals surface area contributed by atoms with Crippen LogP contribution < -0.4 is 10.2 Å². The first-order chi connectivity index (χ1) is 20.8. The third-order valence-corrected chi connectivity index (χ3v) is 9.50. The number of hydrogen-bond donors (Lipinski definition) is 1. The first kappa shape index (κ1) is 30.9. The topological polar surface area (TPSA) is 153 Å². The molecule has 0 bridgehead atoms. The summed E-state index contributed by atoms with van der Waals surface area (Å²) in [6, 6.07) is 4.87. The number of nitrogens with zero attached hydrogens (tertiary/aromatic N) is 7. The summed E-state index contributed by atoms with van der Waals surface area (Å²) in [6.45, 7) is 9.21. The van der Waals surface area contributed by atoms with Crippen molar-refractivity contribution in [1.82, 2.24) is 20.1 Å². The van der Waals surface area contributed by atoms with E-state index in [0.717, 1.165) is 55.7 Å². The first-order valence-electron chi connectivity index (χ1n) is 14.7. The van der Waals surface area contributed by atoms with Crippen LogP contribution in [0.1, 0.15) is 30.6 Å². The van der Waals surface area contributed by atoms with Crippen LogP contribution in [0, 0.1) is 5.92 Å². The zero-order chi connectivity index (χ0) is 30.5. The lowest BCUT2D eigenvalue weighted by molar-refractivity contribution is -0.139. The van der Waals surface area contributed by atoms with Crippen molar-refractivity contribution in [3.8, 4) is 11.3 Å². The number of likely N-dealkylation sites (tertiary alicyclic amines) is 1. The van der Waals surface area contributed by atoms with Gasteiger partial charge in [0.05, 0.1) is 24.4 Å². The molecule has 3 fully saturated rings. The quantitative estimate of drug-likeness (QED) is 0.231. The monoisotopic (exact) mass is 610 g/mol. The second-order valence-corrected chi connectivity index (χ2v) is 12.0. The number of benzene rings is 1. The molecule has 14 heteroatoms. The van der Waals surface area contributed by atoms with Crippen LogP contribution >= 0.6 is 11.3 Å². The molecular weight excluding hydrogens is 572 g/mol. The molecule has 4 heterocycles. The second kappa shape index (κ2) is 13.8. The van der Waals surface area contributed by atoms with Gasteiger partial charge in [-0.3, -0.25) is 19.3 Å². The van der Waals surface area contributed by atoms with Gasteiger partial charge in [0.15, 0.2) is 10.9 Å². The molecule has 1 aromatic heterocycles. The minimum Gasteiger partial charge on any atom is -0.383 e. The number of nitrogens with one attached hydrogen (secondary N) is 1. The lowest BCUT2D eigenvalue weighted by Gasteiger charge is -2.34. The third kappa shape index (κ3) is 6.68. The highest BCUT2D eigenvalue weighted by Gasteiger charge is 2.53. The van der Waals surface area contributed by atoms with Crippen LogP contribution in [0.4, 0.5) is 5.13 Å². The first-order valence-corrected chi connectivity index (χ1v) is 15.5. The molecule has 2 amide bonds. The van der Waals surface area contributed by atoms with Crippen molar-refractivity contribution in [3.63, 3.8) is 0 Å². The molecule has 43 heavy (non-hydrogen) atoms. The number of methoxy groups -OCH3 is 1. The molecule has 0 aliphatic carbocycles. The van der Waals surface area contributed by atoms with Crippen molar-refractivity contribution in [2.24, 2.45) is 11.0 Å². The number of piperazine rings is 1. The molecule has 1 aromatic carbocycles. The van der Waals surface area contributed by atoms with Crippen LogP contribution in [0.3, 0.4) is 0 Å². The van der Waals surface area contributed by atoms with E-state index in [1.807, 2.05) is 31.4 Å². The van der Waals surface area contributed by atoms with Crippen LogP contribution in [-0.2, 0) is 19.1 Å². The van der Waals surface area contributed by atoms with Crippen LogP contribution in [0.25, 0.3) is 21.7 Å². The Bertz CT molecular complexity index is 1350. The highest BCUT2D eigenvalue weighted by molar-refractivity contribution is 7.14. The fourth-order valence-corrected chi connectivity index (χ4v) is 6.72. The molecule has 1 N–H and O–H groups in total. The summed E-state index contributed by atoms with van der Waals surface area (Å²) in [5.41, 5.74) is 11.1. The summed E-state index contributed by atoms with van der Waals surface area (Å²) in [5, 5.41) is 9.67. The lowest BCUT2D eigenvalue weighted by atomic mass is 9.96. The standard InChI is InChI=1S/C29H38N8O5S/c1-4-18(2)24(28(40)37-15-21(33-34-30)26-25(37)23(38)16-42-26)32-27(39)20-7-5-19(6-8-20)22-17-43-29(31-22)36-11-9-35(10-12-36)13-14-41-3/h5-8,17-18,21,24-26H,4,9-16H2,1-3H3,(H,32,39)/t18-,21-,24-,25+,26-/m0/s1. The zero-order valence-corrected chi connectivity index (χ0v) is 25.5. The number of hydrogen-bond acceptors (Lipinski definition) is 10. The summed E-state index contributed by atoms with van der Waals surface area (Å²) < 4.78 is 10.7. The number of fused-ring (bicyclic) bond motifs is 1. The van der Waals surface area contributed by atoms with Gasteiger partial charge in [-0.25, -0.2) is 4.98 Å². The maximum atomic E-state index is 13.7. The number of azide groups is 1. The van der Waals surface area contributed by atoms with E-state index < -0.39 is 24.2 Å². The highest BCUT2D eigenvalue weighted by Crippen LogP contribution is 2.31. The van der Waals surface area contributed by atoms with Gasteiger partial charge < -0.3 is 24.6 Å². The smallest absolute Gasteiger partial charge is 0.251 e. The van der Waals surface area contributed by atoms with E-state index in [2.05, 4.69) is 25.1 Å². The van der Waals surface area contributed by atoms with E-state index >= 15 is 0 Å². The lowest BCUT2D eigenvalue weighted by Crippen LogP contribution is -2.54. The van der Waals surface area contributed by atoms with Gasteiger partial charge in [-0.2, -0.15) is 0 Å². The van der Waals surface area contributed by atoms with Crippen LogP contribution in [0.15, 0.2) is 34.8 Å². The van der Waals surface area contributed by atoms with Crippen LogP contribution in [-0.4, -0.2) is 116 Å². The Balaban J connectivity index is 1.23. The minimum absolute atomic E-state index is 0.0700. The van der Waals surface area contributed by atoms with E-state index in [1.54, 1.807) is 30.6 Å². The number of Topliss-reactive ketones (excluding diaryl/α,β-unsaturated/α-hetero) is 1. The predicted molar refractivity (Wildman–Crippen MR) is 162 cm³/mol. The average Bonchev–Trinajstić information content (AvgIpc) is 3.76. The Kier molecular flexibility index (Phi) is 9.93. The number of amides is 2. The number of rotatable bonds is 11. The molecule has 2 aromatic rings. The molecule has 0 saturated carbocycles. The Morgan fingerprint density at radius 2 is 2.00 bits per heavy atom. The fourth-order valence-electron chi connectivity index (χ4n) is 5.83. The van der Waals surface area contributed by atoms with Crippen molar-refractivity contribution >= 4 is 34.1 Å². The van der Waals surface area contributed by atoms with Gasteiger partial charge >= 0.3 is 0 Å². The molecule has 13 nitrogen and oxygen atoms in total. The van der Waals surface area contributed by atoms with Crippen LogP contribution in [0.2, 0.25) is 0 Å². The number of ether oxygens (including phenoxy) is 2. The van der Waals surface area contributed by atoms with Crippen molar-refractivity contribution < 1.29 is 23.9 Å². The van der Waals surface area contributed by atoms with E-state index in [4.69, 9.17) is 20.0 Å². The van der Waals surface area contributed by atoms with Crippen molar-refractivity contribution in [2.45, 2.75) is 44.5 Å². The second-order valence-electron chi connectivity index (χ2n) is 11.2. The van der Waals surface area contributed by atoms with Crippen molar-refractivity contribution in [2.75, 3.05) is 64.5 Å². The summed E-state index contributed by atoms with van der Waals surface area (Å²) in [4.78, 5) is 53.4. The molecule has 230 valence electrons. The van der Waals surface area contributed by atoms with Gasteiger partial charge in [-0.15, -0.1) is 11.3 Å². The van der Waals surface area contributed by atoms with E-state index in [0.29, 0.717) is 12.0 Å². The van der Waals surface area contributed by atoms with Gasteiger partial charge in [0.25, 0.3) is 5.91 Å². The number of thiazole rings is 1. The van der Waals surface area contributed by atoms with Gasteiger partial charge in [0.1, 0.15) is 18.7 Å². The van der Waals surface area contributed by atoms with E-state index in [-0.39, 0.29) is 36.7 Å². The van der Waals surface area contributed by atoms with Gasteiger partial charge in [-0.1, -0.05) is 37.5 Å². The van der Waals surface area contributed by atoms with Gasteiger partial charge in [0.2, 0.25) is 5.91 Å². The number of ketones is 1. The maximum Gasteiger partial charge on any atom is 0.251 e. The molecule has 3 aliphatic heterocycles. The van der Waals surface area contributed by atoms with Gasteiger partial charge in [-0.05, 0) is 23.6 Å². The molecule has 0 unspecified atom stereocenters. The predicted octanol–water partition coefficient (Wildman–Crippen LogP) is 2.58. The molecular formula is C29H38N8O5S. The molecule has 5 atom stereocenters. The van der Waals surface area contributed by atoms with E-state index in [1.165, 1.54) is 4.90 Å². The Hall–Kier alpha value is -3.55. The average molecular weight is 611 g/mol. The summed E-state index contributed by atoms with van der Waals surface area (Å²) in [5.74, 6) is -1.18. The molecule has 3 aliphatic rings. The molecule has 0 radical (unpaired) electrons. The molecule has 3 saturated heterocycles. The summed E-state index contributed by atoms with van der Waals surface area (Å²) >= 11 is 1.61. The van der Waals surface area contributed by atoms with Crippen molar-refractivity contribution in [1.29, 1.82) is 0 Å². The summed E-state index contributed by atoms with van der Waals surface area (Å²) in [6.07, 6.45) is -0.0271. The summed E-state index contributed by atoms with van der Waals surface area (Å²) in [7, 11) is 1.72. The largest absolute Gasteiger partial charge is 0.383 e. The number of carbonyl (C=O) groups excluding carboxylic acids is 3. The number of aromatic nitrogens is 1. The zero-order valence-electron chi connectivity index (χ0n) is 24.7. The number of anilines is 1. The third-order valence-electron chi connectivity index (χ3n) is 8.60. The molecule has 5 rings (SSSR count). The Labute approximate surface area is 254 Å². The van der Waals surface area contributed by atoms with Crippen LogP contribution in [0.5, 0.6) is 0 Å². The van der Waals surface area contributed by atoms with Crippen molar-refractivity contribution in [3.05, 3.63) is 45.7 Å². The fraction of sp³-hybridized carbons (Fsp3) is 0.586. The molecule has 0 spiro atoms.